The average Bonchev–Trinajstić information content (AvgIpc) is 0.918. The van der Waals surface area contributed by atoms with Crippen LogP contribution in [0.5, 0.6) is 0 Å². The number of rotatable bonds is 0. The molecule has 2 heteroatoms. The molecule has 0 saturated heterocycles. The minimum absolute atomic E-state index is 0. The number of nitrogens with one attached hydrogen (secondary N) is 1. The molecule has 0 aliphatic heterocycles. The Bertz CT molecular complexity index is 6.00. The molecule has 0 heterocycles. The predicted octanol–water partition coefficient (Wildman–Crippen LogP) is 1.06. The van der Waals surface area contributed by atoms with Crippen molar-refractivity contribution in [2.75, 3.05) is 6.54 Å². The Morgan fingerprint density at radius 2 is 1.75 bits per heavy atom. The molecule has 1 radical (unpaired) electrons. The molecule has 23 valence electrons. The van der Waals surface area contributed by atoms with Crippen LogP contribution in [0.15, 0.2) is 0 Å². The van der Waals surface area contributed by atoms with Crippen molar-refractivity contribution in [1.29, 1.82) is 0 Å². The Balaban J connectivity index is 0. The van der Waals surface area contributed by atoms with Gasteiger partial charge in [0.1, 0.15) is 0 Å². The molecule has 0 spiro atoms. The third kappa shape index (κ3) is 10.2. The fraction of sp³-hybridized carbons (Fsp3) is 1.00. The van der Waals surface area contributed by atoms with E-state index in [4.69, 9.17) is 5.73 Å². The van der Waals surface area contributed by atoms with Crippen LogP contribution in [0.1, 0.15) is 6.92 Å². The van der Waals surface area contributed by atoms with Crippen LogP contribution in [0.2, 0.25) is 0 Å². The van der Waals surface area contributed by atoms with Crippen LogP contribution in [0, 0.1) is 41.3 Å². The second-order valence-corrected chi connectivity index (χ2v) is 0.354. The zero-order chi connectivity index (χ0) is 2.71. The summed E-state index contributed by atoms with van der Waals surface area (Å²) in [6.45, 7) is 2.29. The van der Waals surface area contributed by atoms with E-state index >= 15 is 0 Å². The van der Waals surface area contributed by atoms with Gasteiger partial charge in [0, 0.05) is 41.3 Å². The molecule has 0 saturated carbocycles. The van der Waals surface area contributed by atoms with Gasteiger partial charge in [-0.2, -0.15) is 6.54 Å². The van der Waals surface area contributed by atoms with Crippen LogP contribution in [0.25, 0.3) is 5.73 Å². The van der Waals surface area contributed by atoms with Gasteiger partial charge in [0.2, 0.25) is 0 Å². The summed E-state index contributed by atoms with van der Waals surface area (Å²) in [6.07, 6.45) is 0. The van der Waals surface area contributed by atoms with Crippen molar-refractivity contribution in [2.45, 2.75) is 6.92 Å². The summed E-state index contributed by atoms with van der Waals surface area (Å²) >= 11 is 0. The first kappa shape index (κ1) is 9.01. The van der Waals surface area contributed by atoms with Crippen molar-refractivity contribution in [2.24, 2.45) is 0 Å². The molecule has 0 aliphatic carbocycles. The van der Waals surface area contributed by atoms with Gasteiger partial charge in [-0.3, -0.25) is 0 Å². The van der Waals surface area contributed by atoms with E-state index in [1.165, 1.54) is 0 Å². The third-order valence-corrected chi connectivity index (χ3v) is 0. The molecule has 0 aliphatic rings. The van der Waals surface area contributed by atoms with Gasteiger partial charge in [0.15, 0.2) is 0 Å². The van der Waals surface area contributed by atoms with Crippen molar-refractivity contribution < 1.29 is 41.3 Å². The van der Waals surface area contributed by atoms with Gasteiger partial charge in [0.25, 0.3) is 0 Å². The molecular formula is C2H6NPr-. The minimum atomic E-state index is 0. The summed E-state index contributed by atoms with van der Waals surface area (Å²) in [4.78, 5) is 0. The molecular weight excluding hydrogens is 179 g/mol. The Labute approximate surface area is 59.9 Å². The fourth-order valence-electron chi connectivity index (χ4n) is 0. The van der Waals surface area contributed by atoms with E-state index in [0.717, 1.165) is 0 Å². The maximum atomic E-state index is 6.21. The molecule has 0 fully saturated rings. The van der Waals surface area contributed by atoms with Crippen molar-refractivity contribution in [3.8, 4) is 0 Å². The van der Waals surface area contributed by atoms with Gasteiger partial charge in [-0.05, 0) is 0 Å². The SMILES string of the molecule is CC[NH-].[Pr]. The Morgan fingerprint density at radius 1 is 1.75 bits per heavy atom. The summed E-state index contributed by atoms with van der Waals surface area (Å²) in [5.41, 5.74) is 6.21. The molecule has 0 unspecified atom stereocenters. The largest absolute Gasteiger partial charge is 0.678 e. The maximum Gasteiger partial charge on any atom is 0 e. The third-order valence-electron chi connectivity index (χ3n) is 0. The Hall–Kier alpha value is 1.32. The Kier molecular flexibility index (Phi) is 19.9. The minimum Gasteiger partial charge on any atom is -0.678 e. The van der Waals surface area contributed by atoms with Crippen LogP contribution in [-0.2, 0) is 0 Å². The van der Waals surface area contributed by atoms with Crippen LogP contribution in [0.3, 0.4) is 0 Å². The first-order chi connectivity index (χ1) is 1.41. The van der Waals surface area contributed by atoms with Crippen molar-refractivity contribution in [1.82, 2.24) is 0 Å². The van der Waals surface area contributed by atoms with Crippen LogP contribution in [-0.4, -0.2) is 6.54 Å². The molecule has 0 rings (SSSR count). The fourth-order valence-corrected chi connectivity index (χ4v) is 0. The van der Waals surface area contributed by atoms with Gasteiger partial charge < -0.3 is 5.73 Å². The van der Waals surface area contributed by atoms with E-state index in [-0.39, 0.29) is 41.3 Å². The van der Waals surface area contributed by atoms with E-state index in [0.29, 0.717) is 6.54 Å². The molecule has 0 aromatic carbocycles. The first-order valence-corrected chi connectivity index (χ1v) is 1.06. The van der Waals surface area contributed by atoms with Gasteiger partial charge in [-0.1, -0.05) is 6.92 Å². The van der Waals surface area contributed by atoms with Crippen molar-refractivity contribution in [3.63, 3.8) is 0 Å². The molecule has 0 aromatic rings. The molecule has 0 bridgehead atoms. The predicted molar refractivity (Wildman–Crippen MR) is 14.9 cm³/mol. The van der Waals surface area contributed by atoms with Crippen molar-refractivity contribution in [3.05, 3.63) is 5.73 Å². The van der Waals surface area contributed by atoms with E-state index in [2.05, 4.69) is 0 Å². The van der Waals surface area contributed by atoms with E-state index in [9.17, 15) is 0 Å². The van der Waals surface area contributed by atoms with E-state index < -0.39 is 0 Å². The summed E-state index contributed by atoms with van der Waals surface area (Å²) in [7, 11) is 0. The summed E-state index contributed by atoms with van der Waals surface area (Å²) < 4.78 is 0. The second-order valence-electron chi connectivity index (χ2n) is 0.354. The van der Waals surface area contributed by atoms with E-state index in [1.807, 2.05) is 0 Å². The van der Waals surface area contributed by atoms with Crippen LogP contribution < -0.4 is 0 Å². The number of hydrogen-bond donors (Lipinski definition) is 0. The standard InChI is InChI=1S/C2H6N.Pr/c1-2-3;/h3H,2H2,1H3;/q-1;. The number of hydrogen-bond acceptors (Lipinski definition) is 0. The second kappa shape index (κ2) is 8.85. The summed E-state index contributed by atoms with van der Waals surface area (Å²) in [6, 6.07) is 0. The molecule has 1 nitrogen and oxygen atoms in total. The topological polar surface area (TPSA) is 23.8 Å². The van der Waals surface area contributed by atoms with Crippen LogP contribution >= 0.6 is 0 Å². The van der Waals surface area contributed by atoms with Gasteiger partial charge in [-0.25, -0.2) is 0 Å². The molecule has 0 atom stereocenters. The molecule has 1 N–H and O–H groups in total. The quantitative estimate of drug-likeness (QED) is 0.538. The van der Waals surface area contributed by atoms with Crippen LogP contribution in [0.4, 0.5) is 0 Å². The summed E-state index contributed by atoms with van der Waals surface area (Å²) in [5, 5.41) is 0. The van der Waals surface area contributed by atoms with Gasteiger partial charge in [-0.15, -0.1) is 0 Å². The van der Waals surface area contributed by atoms with Gasteiger partial charge >= 0.3 is 0 Å². The van der Waals surface area contributed by atoms with E-state index in [1.54, 1.807) is 6.92 Å². The first-order valence-electron chi connectivity index (χ1n) is 1.06. The normalized spacial score (nSPS) is 4.50. The Morgan fingerprint density at radius 3 is 1.75 bits per heavy atom. The maximum absolute atomic E-state index is 6.21. The molecule has 0 aromatic heterocycles. The monoisotopic (exact) mass is 185 g/mol. The van der Waals surface area contributed by atoms with Gasteiger partial charge in [0.05, 0.1) is 0 Å². The summed E-state index contributed by atoms with van der Waals surface area (Å²) in [5.74, 6) is 0. The molecule has 4 heavy (non-hydrogen) atoms. The van der Waals surface area contributed by atoms with Crippen molar-refractivity contribution >= 4 is 0 Å². The average molecular weight is 185 g/mol. The zero-order valence-corrected chi connectivity index (χ0v) is 6.49. The smallest absolute Gasteiger partial charge is 0 e. The molecule has 0 amide bonds. The zero-order valence-electron chi connectivity index (χ0n) is 2.78.